The van der Waals surface area contributed by atoms with Crippen LogP contribution < -0.4 is 10.6 Å². The smallest absolute Gasteiger partial charge is 0.253 e. The number of nitrogens with one attached hydrogen (secondary N) is 2. The van der Waals surface area contributed by atoms with Crippen molar-refractivity contribution in [1.82, 2.24) is 29.0 Å². The monoisotopic (exact) mass is 874 g/mol. The van der Waals surface area contributed by atoms with Gasteiger partial charge in [0.15, 0.2) is 11.6 Å². The Bertz CT molecular complexity index is 2730. The minimum atomic E-state index is -2.94. The maximum absolute atomic E-state index is 12.7. The number of halogens is 1. The van der Waals surface area contributed by atoms with Crippen LogP contribution in [0.15, 0.2) is 91.3 Å². The van der Waals surface area contributed by atoms with E-state index in [9.17, 15) is 22.8 Å². The molecule has 0 atom stereocenters. The molecule has 2 saturated heterocycles. The highest BCUT2D eigenvalue weighted by molar-refractivity contribution is 7.91. The van der Waals surface area contributed by atoms with E-state index in [-0.39, 0.29) is 34.8 Å². The van der Waals surface area contributed by atoms with Gasteiger partial charge in [0.2, 0.25) is 11.8 Å². The fourth-order valence-electron chi connectivity index (χ4n) is 8.45. The summed E-state index contributed by atoms with van der Waals surface area (Å²) in [5.74, 6) is 1.31. The highest BCUT2D eigenvalue weighted by atomic mass is 35.5. The lowest BCUT2D eigenvalue weighted by atomic mass is 10.0. The lowest BCUT2D eigenvalue weighted by Crippen LogP contribution is -2.38. The van der Waals surface area contributed by atoms with Crippen molar-refractivity contribution in [3.63, 3.8) is 0 Å². The fourth-order valence-corrected chi connectivity index (χ4v) is 9.79. The first-order chi connectivity index (χ1) is 30.0. The quantitative estimate of drug-likeness (QED) is 0.141. The van der Waals surface area contributed by atoms with Gasteiger partial charge in [-0.05, 0) is 112 Å². The van der Waals surface area contributed by atoms with E-state index < -0.39 is 9.84 Å². The molecule has 6 aromatic rings. The molecule has 2 aliphatic heterocycles. The summed E-state index contributed by atoms with van der Waals surface area (Å²) >= 11 is 6.61. The van der Waals surface area contributed by atoms with Crippen molar-refractivity contribution in [2.45, 2.75) is 69.6 Å². The third-order valence-electron chi connectivity index (χ3n) is 12.4. The molecule has 2 N–H and O–H groups in total. The summed E-state index contributed by atoms with van der Waals surface area (Å²) in [4.78, 5) is 41.2. The SMILES string of the molecule is CS(=O)(=O)C1CCN(Cc2ccc(-c3cccn4nc(NC(=O)C5CC5)cc34)cc2)CC1.O=C(Nc1nn2cccc(-c3ccc(C(=O)N4CCCCC4)cc3)c2c1Cl)C1CC1. The summed E-state index contributed by atoms with van der Waals surface area (Å²) in [7, 11) is -2.94. The van der Waals surface area contributed by atoms with Crippen molar-refractivity contribution in [1.29, 1.82) is 0 Å². The Labute approximate surface area is 366 Å². The first-order valence-corrected chi connectivity index (χ1v) is 24.0. The van der Waals surface area contributed by atoms with Crippen molar-refractivity contribution in [3.8, 4) is 22.3 Å². The topological polar surface area (TPSA) is 150 Å². The van der Waals surface area contributed by atoms with Gasteiger partial charge in [0.25, 0.3) is 5.91 Å². The van der Waals surface area contributed by atoms with Crippen LogP contribution in [0.25, 0.3) is 33.3 Å². The number of amides is 3. The maximum Gasteiger partial charge on any atom is 0.253 e. The predicted octanol–water partition coefficient (Wildman–Crippen LogP) is 7.99. The molecule has 4 aromatic heterocycles. The Hall–Kier alpha value is -5.57. The highest BCUT2D eigenvalue weighted by Crippen LogP contribution is 2.37. The van der Waals surface area contributed by atoms with Gasteiger partial charge in [-0.3, -0.25) is 19.3 Å². The number of fused-ring (bicyclic) bond motifs is 2. The number of piperidine rings is 2. The molecule has 6 heterocycles. The number of pyridine rings is 2. The summed E-state index contributed by atoms with van der Waals surface area (Å²) in [5.41, 5.74) is 7.60. The average Bonchev–Trinajstić information content (AvgIpc) is 4.23. The van der Waals surface area contributed by atoms with Crippen LogP contribution in [0, 0.1) is 11.8 Å². The zero-order chi connectivity index (χ0) is 43.0. The molecule has 2 aliphatic carbocycles. The van der Waals surface area contributed by atoms with Gasteiger partial charge >= 0.3 is 0 Å². The molecule has 4 fully saturated rings. The van der Waals surface area contributed by atoms with Crippen LogP contribution >= 0.6 is 11.6 Å². The lowest BCUT2D eigenvalue weighted by Gasteiger charge is -2.31. The first-order valence-electron chi connectivity index (χ1n) is 21.7. The van der Waals surface area contributed by atoms with E-state index in [1.54, 1.807) is 9.03 Å². The van der Waals surface area contributed by atoms with Crippen molar-refractivity contribution >= 4 is 61.8 Å². The molecule has 0 spiro atoms. The second-order valence-electron chi connectivity index (χ2n) is 17.1. The molecule has 3 amide bonds. The van der Waals surface area contributed by atoms with Crippen LogP contribution in [0.4, 0.5) is 11.6 Å². The number of carbonyl (C=O) groups excluding carboxylic acids is 3. The second kappa shape index (κ2) is 17.7. The van der Waals surface area contributed by atoms with E-state index in [0.717, 1.165) is 105 Å². The van der Waals surface area contributed by atoms with Crippen molar-refractivity contribution in [2.24, 2.45) is 11.8 Å². The molecule has 15 heteroatoms. The summed E-state index contributed by atoms with van der Waals surface area (Å²) < 4.78 is 27.0. The molecule has 0 radical (unpaired) electrons. The average molecular weight is 875 g/mol. The lowest BCUT2D eigenvalue weighted by molar-refractivity contribution is -0.118. The molecule has 0 bridgehead atoms. The van der Waals surface area contributed by atoms with Gasteiger partial charge in [-0.2, -0.15) is 5.10 Å². The van der Waals surface area contributed by atoms with Crippen LogP contribution in [0.5, 0.6) is 0 Å². The molecule has 0 unspecified atom stereocenters. The van der Waals surface area contributed by atoms with E-state index in [0.29, 0.717) is 35.1 Å². The Kier molecular flexibility index (Phi) is 11.9. The van der Waals surface area contributed by atoms with E-state index in [2.05, 4.69) is 56.1 Å². The molecule has 2 aromatic carbocycles. The third kappa shape index (κ3) is 9.42. The second-order valence-corrected chi connectivity index (χ2v) is 19.8. The molecule has 13 nitrogen and oxygen atoms in total. The number of carbonyl (C=O) groups is 3. The summed E-state index contributed by atoms with van der Waals surface area (Å²) in [5, 5.41) is 14.9. The van der Waals surface area contributed by atoms with Crippen LogP contribution in [-0.2, 0) is 26.0 Å². The van der Waals surface area contributed by atoms with Gasteiger partial charge in [-0.15, -0.1) is 5.10 Å². The minimum absolute atomic E-state index is 0.0255. The van der Waals surface area contributed by atoms with E-state index in [1.807, 2.05) is 65.8 Å². The molecule has 62 heavy (non-hydrogen) atoms. The van der Waals surface area contributed by atoms with Gasteiger partial charge in [0.1, 0.15) is 14.9 Å². The number of sulfone groups is 1. The number of likely N-dealkylation sites (tertiary alicyclic amines) is 2. The molecule has 10 rings (SSSR count). The number of hydrogen-bond acceptors (Lipinski definition) is 8. The number of nitrogens with zero attached hydrogens (tertiary/aromatic N) is 6. The molecule has 2 saturated carbocycles. The number of aromatic nitrogens is 4. The normalized spacial score (nSPS) is 17.4. The van der Waals surface area contributed by atoms with Crippen molar-refractivity contribution in [2.75, 3.05) is 43.1 Å². The van der Waals surface area contributed by atoms with Crippen molar-refractivity contribution < 1.29 is 22.8 Å². The van der Waals surface area contributed by atoms with Gasteiger partial charge in [-0.1, -0.05) is 60.1 Å². The fraction of sp³-hybridized carbons (Fsp3) is 0.383. The Morgan fingerprint density at radius 3 is 1.95 bits per heavy atom. The molecule has 322 valence electrons. The predicted molar refractivity (Wildman–Crippen MR) is 242 cm³/mol. The van der Waals surface area contributed by atoms with E-state index in [1.165, 1.54) is 18.2 Å². The molecular formula is C47H51ClN8O5S. The van der Waals surface area contributed by atoms with Gasteiger partial charge in [-0.25, -0.2) is 17.4 Å². The number of hydrogen-bond donors (Lipinski definition) is 2. The zero-order valence-electron chi connectivity index (χ0n) is 34.8. The summed E-state index contributed by atoms with van der Waals surface area (Å²) in [6.45, 7) is 4.11. The van der Waals surface area contributed by atoms with E-state index in [4.69, 9.17) is 11.6 Å². The Balaban J connectivity index is 0.000000158. The summed E-state index contributed by atoms with van der Waals surface area (Å²) in [6.07, 6.45) is 13.6. The summed E-state index contributed by atoms with van der Waals surface area (Å²) in [6, 6.07) is 25.9. The highest BCUT2D eigenvalue weighted by Gasteiger charge is 2.32. The van der Waals surface area contributed by atoms with Gasteiger partial charge < -0.3 is 15.5 Å². The van der Waals surface area contributed by atoms with E-state index >= 15 is 0 Å². The standard InChI is InChI=1S/C24H28N4O3S.C23H23ClN4O2/c1-32(30,31)20-10-13-27(14-11-20)16-17-4-6-18(7-5-17)21-3-2-12-28-22(21)15-23(26-28)25-24(29)19-8-9-19;24-19-20-18(5-4-14-28(20)26-21(19)25-22(29)16-8-9-16)15-6-10-17(11-7-15)23(30)27-12-2-1-3-13-27/h2-7,12,15,19-20H,8-11,13-14,16H2,1H3,(H,25,26,29);4-7,10-11,14,16H,1-3,8-9,12-13H2,(H,25,26,29). The Morgan fingerprint density at radius 1 is 0.710 bits per heavy atom. The van der Waals surface area contributed by atoms with Crippen LogP contribution in [0.2, 0.25) is 5.02 Å². The maximum atomic E-state index is 12.7. The van der Waals surface area contributed by atoms with Crippen LogP contribution in [0.3, 0.4) is 0 Å². The first kappa shape index (κ1) is 41.8. The van der Waals surface area contributed by atoms with Crippen molar-refractivity contribution in [3.05, 3.63) is 107 Å². The third-order valence-corrected chi connectivity index (χ3v) is 14.4. The number of anilines is 2. The Morgan fingerprint density at radius 2 is 1.31 bits per heavy atom. The van der Waals surface area contributed by atoms with Gasteiger partial charge in [0, 0.05) is 72.9 Å². The largest absolute Gasteiger partial charge is 0.339 e. The molecule has 4 aliphatic rings. The van der Waals surface area contributed by atoms with Crippen LogP contribution in [-0.4, -0.2) is 92.9 Å². The number of benzene rings is 2. The minimum Gasteiger partial charge on any atom is -0.339 e. The van der Waals surface area contributed by atoms with Crippen LogP contribution in [0.1, 0.15) is 73.7 Å². The molecular weight excluding hydrogens is 824 g/mol. The van der Waals surface area contributed by atoms with Gasteiger partial charge in [0.05, 0.1) is 16.3 Å². The zero-order valence-corrected chi connectivity index (χ0v) is 36.4. The number of rotatable bonds is 10.